The number of rotatable bonds is 4. The van der Waals surface area contributed by atoms with Gasteiger partial charge in [0, 0.05) is 7.11 Å². The van der Waals surface area contributed by atoms with Gasteiger partial charge in [-0.3, -0.25) is 0 Å². The van der Waals surface area contributed by atoms with Crippen LogP contribution in [0.3, 0.4) is 0 Å². The van der Waals surface area contributed by atoms with Crippen molar-refractivity contribution in [1.29, 1.82) is 0 Å². The topological polar surface area (TPSA) is 57.4 Å². The fourth-order valence-electron chi connectivity index (χ4n) is 1.11. The lowest BCUT2D eigenvalue weighted by atomic mass is 10.2. The number of nitrogen functional groups attached to an aromatic ring is 1. The zero-order chi connectivity index (χ0) is 11.4. The highest BCUT2D eigenvalue weighted by atomic mass is 79.9. The summed E-state index contributed by atoms with van der Waals surface area (Å²) in [6.45, 7) is 4.36. The Morgan fingerprint density at radius 2 is 2.27 bits per heavy atom. The molecule has 1 heterocycles. The highest BCUT2D eigenvalue weighted by Gasteiger charge is 2.11. The van der Waals surface area contributed by atoms with E-state index in [1.807, 2.05) is 13.8 Å². The van der Waals surface area contributed by atoms with Gasteiger partial charge in [-0.1, -0.05) is 0 Å². The number of hydrogen-bond donors (Lipinski definition) is 1. The summed E-state index contributed by atoms with van der Waals surface area (Å²) in [5, 5.41) is 0. The van der Waals surface area contributed by atoms with Crippen molar-refractivity contribution in [3.8, 4) is 5.88 Å². The van der Waals surface area contributed by atoms with Crippen LogP contribution in [-0.4, -0.2) is 24.8 Å². The fourth-order valence-corrected chi connectivity index (χ4v) is 1.53. The van der Waals surface area contributed by atoms with E-state index in [-0.39, 0.29) is 6.10 Å². The fraction of sp³-hybridized carbons (Fsp3) is 0.500. The molecule has 0 aliphatic carbocycles. The number of nitrogens with two attached hydrogens (primary N) is 1. The smallest absolute Gasteiger partial charge is 0.228 e. The van der Waals surface area contributed by atoms with Crippen LogP contribution in [0.25, 0.3) is 0 Å². The van der Waals surface area contributed by atoms with Crippen LogP contribution in [0.2, 0.25) is 0 Å². The first-order valence-corrected chi connectivity index (χ1v) is 5.41. The molecular formula is C10H15BrN2O2. The van der Waals surface area contributed by atoms with Gasteiger partial charge in [0.05, 0.1) is 23.0 Å². The van der Waals surface area contributed by atoms with Crippen LogP contribution in [0.1, 0.15) is 12.5 Å². The van der Waals surface area contributed by atoms with Gasteiger partial charge in [0.15, 0.2) is 0 Å². The zero-order valence-electron chi connectivity index (χ0n) is 9.08. The lowest BCUT2D eigenvalue weighted by molar-refractivity contribution is 0.0884. The Kier molecular flexibility index (Phi) is 4.35. The number of nitrogens with zero attached hydrogens (tertiary/aromatic N) is 1. The molecule has 0 spiro atoms. The molecule has 0 radical (unpaired) electrons. The normalized spacial score (nSPS) is 12.5. The molecule has 4 nitrogen and oxygen atoms in total. The van der Waals surface area contributed by atoms with E-state index in [1.165, 1.54) is 0 Å². The van der Waals surface area contributed by atoms with E-state index >= 15 is 0 Å². The summed E-state index contributed by atoms with van der Waals surface area (Å²) in [5.41, 5.74) is 7.29. The largest absolute Gasteiger partial charge is 0.471 e. The van der Waals surface area contributed by atoms with Crippen LogP contribution < -0.4 is 10.5 Å². The molecule has 0 saturated heterocycles. The third kappa shape index (κ3) is 3.07. The number of methoxy groups -OCH3 is 1. The average molecular weight is 275 g/mol. The Morgan fingerprint density at radius 1 is 1.60 bits per heavy atom. The Hall–Kier alpha value is -0.810. The molecule has 1 rings (SSSR count). The predicted molar refractivity (Wildman–Crippen MR) is 63.1 cm³/mol. The van der Waals surface area contributed by atoms with Crippen molar-refractivity contribution < 1.29 is 9.47 Å². The number of ether oxygens (including phenoxy) is 2. The molecule has 0 aliphatic heterocycles. The van der Waals surface area contributed by atoms with Gasteiger partial charge in [0.1, 0.15) is 6.10 Å². The van der Waals surface area contributed by atoms with Crippen molar-refractivity contribution in [2.75, 3.05) is 19.5 Å². The number of hydrogen-bond acceptors (Lipinski definition) is 4. The van der Waals surface area contributed by atoms with Crippen molar-refractivity contribution in [3.63, 3.8) is 0 Å². The molecule has 0 fully saturated rings. The highest BCUT2D eigenvalue weighted by molar-refractivity contribution is 9.10. The van der Waals surface area contributed by atoms with E-state index in [4.69, 9.17) is 15.2 Å². The lowest BCUT2D eigenvalue weighted by Gasteiger charge is -2.15. The van der Waals surface area contributed by atoms with Crippen LogP contribution in [-0.2, 0) is 4.74 Å². The van der Waals surface area contributed by atoms with Crippen molar-refractivity contribution in [1.82, 2.24) is 4.98 Å². The standard InChI is InChI=1S/C10H15BrN2O2/c1-6(5-14-3)15-10-9(11)7(2)8(12)4-13-10/h4,6H,5,12H2,1-3H3. The molecule has 1 unspecified atom stereocenters. The molecule has 1 atom stereocenters. The summed E-state index contributed by atoms with van der Waals surface area (Å²) in [6, 6.07) is 0. The maximum Gasteiger partial charge on any atom is 0.228 e. The Morgan fingerprint density at radius 3 is 2.87 bits per heavy atom. The minimum absolute atomic E-state index is 0.0400. The van der Waals surface area contributed by atoms with Gasteiger partial charge in [0.25, 0.3) is 0 Å². The van der Waals surface area contributed by atoms with Crippen LogP contribution in [0, 0.1) is 6.92 Å². The maximum atomic E-state index is 5.71. The monoisotopic (exact) mass is 274 g/mol. The average Bonchev–Trinajstić information content (AvgIpc) is 2.20. The van der Waals surface area contributed by atoms with Crippen molar-refractivity contribution in [2.45, 2.75) is 20.0 Å². The van der Waals surface area contributed by atoms with Gasteiger partial charge in [-0.05, 0) is 35.3 Å². The number of anilines is 1. The van der Waals surface area contributed by atoms with Gasteiger partial charge in [-0.15, -0.1) is 0 Å². The number of pyridine rings is 1. The van der Waals surface area contributed by atoms with E-state index in [0.717, 1.165) is 10.0 Å². The van der Waals surface area contributed by atoms with E-state index in [0.29, 0.717) is 18.2 Å². The second kappa shape index (κ2) is 5.32. The van der Waals surface area contributed by atoms with Crippen molar-refractivity contribution in [3.05, 3.63) is 16.2 Å². The molecule has 0 bridgehead atoms. The van der Waals surface area contributed by atoms with Crippen molar-refractivity contribution in [2.24, 2.45) is 0 Å². The number of halogens is 1. The first-order valence-electron chi connectivity index (χ1n) is 4.62. The molecule has 0 aromatic carbocycles. The molecule has 2 N–H and O–H groups in total. The molecule has 15 heavy (non-hydrogen) atoms. The lowest BCUT2D eigenvalue weighted by Crippen LogP contribution is -2.19. The molecule has 1 aromatic heterocycles. The molecule has 0 aliphatic rings. The minimum atomic E-state index is -0.0400. The van der Waals surface area contributed by atoms with E-state index in [1.54, 1.807) is 13.3 Å². The molecule has 5 heteroatoms. The Balaban J connectivity index is 2.82. The van der Waals surface area contributed by atoms with Gasteiger partial charge >= 0.3 is 0 Å². The second-order valence-electron chi connectivity index (χ2n) is 3.34. The molecular weight excluding hydrogens is 260 g/mol. The van der Waals surface area contributed by atoms with Gasteiger partial charge < -0.3 is 15.2 Å². The van der Waals surface area contributed by atoms with Crippen LogP contribution >= 0.6 is 15.9 Å². The second-order valence-corrected chi connectivity index (χ2v) is 4.13. The number of aromatic nitrogens is 1. The maximum absolute atomic E-state index is 5.71. The molecule has 0 saturated carbocycles. The van der Waals surface area contributed by atoms with E-state index in [9.17, 15) is 0 Å². The highest BCUT2D eigenvalue weighted by Crippen LogP contribution is 2.29. The predicted octanol–water partition coefficient (Wildman–Crippen LogP) is 2.15. The minimum Gasteiger partial charge on any atom is -0.471 e. The first-order chi connectivity index (χ1) is 7.06. The summed E-state index contributed by atoms with van der Waals surface area (Å²) in [5.74, 6) is 0.547. The van der Waals surface area contributed by atoms with Gasteiger partial charge in [-0.25, -0.2) is 4.98 Å². The SMILES string of the molecule is COCC(C)Oc1ncc(N)c(C)c1Br. The summed E-state index contributed by atoms with van der Waals surface area (Å²) in [4.78, 5) is 4.11. The zero-order valence-corrected chi connectivity index (χ0v) is 10.7. The third-order valence-corrected chi connectivity index (χ3v) is 2.92. The Labute approximate surface area is 97.9 Å². The van der Waals surface area contributed by atoms with Crippen LogP contribution in [0.4, 0.5) is 5.69 Å². The van der Waals surface area contributed by atoms with E-state index < -0.39 is 0 Å². The van der Waals surface area contributed by atoms with Crippen LogP contribution in [0.15, 0.2) is 10.7 Å². The van der Waals surface area contributed by atoms with Gasteiger partial charge in [-0.2, -0.15) is 0 Å². The van der Waals surface area contributed by atoms with Crippen molar-refractivity contribution >= 4 is 21.6 Å². The van der Waals surface area contributed by atoms with Gasteiger partial charge in [0.2, 0.25) is 5.88 Å². The van der Waals surface area contributed by atoms with Crippen LogP contribution in [0.5, 0.6) is 5.88 Å². The van der Waals surface area contributed by atoms with E-state index in [2.05, 4.69) is 20.9 Å². The molecule has 84 valence electrons. The molecule has 1 aromatic rings. The Bertz CT molecular complexity index is 344. The third-order valence-electron chi connectivity index (χ3n) is 1.99. The summed E-state index contributed by atoms with van der Waals surface area (Å²) >= 11 is 3.40. The summed E-state index contributed by atoms with van der Waals surface area (Å²) < 4.78 is 11.4. The first kappa shape index (κ1) is 12.3. The quantitative estimate of drug-likeness (QED) is 0.914. The molecule has 0 amide bonds. The summed E-state index contributed by atoms with van der Waals surface area (Å²) in [6.07, 6.45) is 1.55. The summed E-state index contributed by atoms with van der Waals surface area (Å²) in [7, 11) is 1.64.